The van der Waals surface area contributed by atoms with Gasteiger partial charge in [-0.2, -0.15) is 4.99 Å². The van der Waals surface area contributed by atoms with Crippen LogP contribution in [0.5, 0.6) is 5.75 Å². The Bertz CT molecular complexity index is 933. The van der Waals surface area contributed by atoms with Crippen molar-refractivity contribution in [3.05, 3.63) is 70.6 Å². The van der Waals surface area contributed by atoms with Crippen LogP contribution < -0.4 is 4.74 Å². The number of carbonyl (C=O) groups excluding carboxylic acids is 1. The van der Waals surface area contributed by atoms with E-state index < -0.39 is 0 Å². The van der Waals surface area contributed by atoms with E-state index in [1.807, 2.05) is 30.3 Å². The summed E-state index contributed by atoms with van der Waals surface area (Å²) in [5, 5.41) is 0.829. The van der Waals surface area contributed by atoms with E-state index in [0.717, 1.165) is 68.7 Å². The van der Waals surface area contributed by atoms with Crippen LogP contribution in [0.15, 0.2) is 64.5 Å². The molecule has 162 valence electrons. The van der Waals surface area contributed by atoms with Crippen LogP contribution in [0.2, 0.25) is 0 Å². The van der Waals surface area contributed by atoms with Gasteiger partial charge in [0.25, 0.3) is 5.91 Å². The fourth-order valence-corrected chi connectivity index (χ4v) is 4.58. The van der Waals surface area contributed by atoms with Gasteiger partial charge in [0, 0.05) is 32.7 Å². The Kier molecular flexibility index (Phi) is 7.43. The maximum absolute atomic E-state index is 12.4. The second-order valence-corrected chi connectivity index (χ2v) is 8.84. The van der Waals surface area contributed by atoms with Gasteiger partial charge < -0.3 is 9.64 Å². The van der Waals surface area contributed by atoms with E-state index in [2.05, 4.69) is 52.0 Å². The molecule has 6 heteroatoms. The van der Waals surface area contributed by atoms with E-state index in [4.69, 9.17) is 4.74 Å². The molecule has 0 aromatic heterocycles. The third-order valence-corrected chi connectivity index (χ3v) is 6.49. The molecule has 31 heavy (non-hydrogen) atoms. The van der Waals surface area contributed by atoms with Crippen molar-refractivity contribution in [3.63, 3.8) is 0 Å². The van der Waals surface area contributed by atoms with Crippen molar-refractivity contribution < 1.29 is 9.53 Å². The summed E-state index contributed by atoms with van der Waals surface area (Å²) in [5.41, 5.74) is 2.33. The molecule has 0 spiro atoms. The number of aliphatic imine (C=N–C) groups is 1. The number of amidine groups is 1. The van der Waals surface area contributed by atoms with Crippen molar-refractivity contribution in [1.82, 2.24) is 9.80 Å². The Morgan fingerprint density at radius 2 is 1.77 bits per heavy atom. The average molecular weight is 436 g/mol. The van der Waals surface area contributed by atoms with Crippen molar-refractivity contribution >= 4 is 28.9 Å². The SMILES string of the molecule is CCCCOc1ccc(C=C2SC(N3CCN(Cc4ccccc4)CC3)=NC2=O)cc1. The van der Waals surface area contributed by atoms with E-state index in [1.165, 1.54) is 17.3 Å². The van der Waals surface area contributed by atoms with Crippen molar-refractivity contribution in [2.24, 2.45) is 4.99 Å². The van der Waals surface area contributed by atoms with Crippen LogP contribution in [0.3, 0.4) is 0 Å². The highest BCUT2D eigenvalue weighted by Crippen LogP contribution is 2.31. The first-order valence-corrected chi connectivity index (χ1v) is 11.8. The van der Waals surface area contributed by atoms with Crippen LogP contribution in [0.25, 0.3) is 6.08 Å². The maximum Gasteiger partial charge on any atom is 0.286 e. The Hall–Kier alpha value is -2.57. The van der Waals surface area contributed by atoms with Gasteiger partial charge in [-0.05, 0) is 47.5 Å². The molecule has 0 aliphatic carbocycles. The molecule has 0 saturated carbocycles. The summed E-state index contributed by atoms with van der Waals surface area (Å²) >= 11 is 1.48. The lowest BCUT2D eigenvalue weighted by Gasteiger charge is -2.35. The second kappa shape index (κ2) is 10.6. The zero-order valence-corrected chi connectivity index (χ0v) is 18.8. The molecule has 0 radical (unpaired) electrons. The topological polar surface area (TPSA) is 45.1 Å². The number of ether oxygens (including phenoxy) is 1. The smallest absolute Gasteiger partial charge is 0.286 e. The molecule has 2 aliphatic rings. The molecule has 1 saturated heterocycles. The predicted molar refractivity (Wildman–Crippen MR) is 128 cm³/mol. The number of hydrogen-bond acceptors (Lipinski definition) is 5. The monoisotopic (exact) mass is 435 g/mol. The zero-order valence-electron chi connectivity index (χ0n) is 18.0. The number of nitrogens with zero attached hydrogens (tertiary/aromatic N) is 3. The molecule has 4 rings (SSSR count). The van der Waals surface area contributed by atoms with Gasteiger partial charge in [0.15, 0.2) is 5.17 Å². The number of unbranched alkanes of at least 4 members (excludes halogenated alkanes) is 1. The normalized spacial score (nSPS) is 18.5. The number of carbonyl (C=O) groups is 1. The summed E-state index contributed by atoms with van der Waals surface area (Å²) in [6.45, 7) is 7.59. The number of piperazine rings is 1. The quantitative estimate of drug-likeness (QED) is 0.468. The number of rotatable bonds is 7. The minimum Gasteiger partial charge on any atom is -0.494 e. The minimum atomic E-state index is -0.144. The van der Waals surface area contributed by atoms with Crippen LogP contribution in [0.4, 0.5) is 0 Å². The molecule has 1 amide bonds. The van der Waals surface area contributed by atoms with E-state index in [9.17, 15) is 4.79 Å². The molecule has 2 aromatic rings. The molecule has 0 atom stereocenters. The highest BCUT2D eigenvalue weighted by atomic mass is 32.2. The molecule has 5 nitrogen and oxygen atoms in total. The lowest BCUT2D eigenvalue weighted by molar-refractivity contribution is -0.113. The summed E-state index contributed by atoms with van der Waals surface area (Å²) in [4.78, 5) is 22.1. The van der Waals surface area contributed by atoms with Gasteiger partial charge >= 0.3 is 0 Å². The van der Waals surface area contributed by atoms with Crippen molar-refractivity contribution in [2.75, 3.05) is 32.8 Å². The van der Waals surface area contributed by atoms with Crippen LogP contribution in [0.1, 0.15) is 30.9 Å². The fourth-order valence-electron chi connectivity index (χ4n) is 3.62. The van der Waals surface area contributed by atoms with Gasteiger partial charge in [-0.15, -0.1) is 0 Å². The van der Waals surface area contributed by atoms with Gasteiger partial charge in [-0.1, -0.05) is 55.8 Å². The molecule has 0 unspecified atom stereocenters. The van der Waals surface area contributed by atoms with Gasteiger partial charge in [-0.25, -0.2) is 0 Å². The molecule has 1 fully saturated rings. The van der Waals surface area contributed by atoms with Crippen molar-refractivity contribution in [1.29, 1.82) is 0 Å². The maximum atomic E-state index is 12.4. The summed E-state index contributed by atoms with van der Waals surface area (Å²) in [6, 6.07) is 18.5. The average Bonchev–Trinajstić information content (AvgIpc) is 3.16. The standard InChI is InChI=1S/C25H29N3O2S/c1-2-3-17-30-22-11-9-20(10-12-22)18-23-24(29)26-25(31-23)28-15-13-27(14-16-28)19-21-7-5-4-6-8-21/h4-12,18H,2-3,13-17,19H2,1H3. The van der Waals surface area contributed by atoms with E-state index in [-0.39, 0.29) is 5.91 Å². The molecule has 0 bridgehead atoms. The Labute approximate surface area is 188 Å². The third kappa shape index (κ3) is 5.99. The first-order valence-electron chi connectivity index (χ1n) is 11.0. The minimum absolute atomic E-state index is 0.144. The Morgan fingerprint density at radius 3 is 2.48 bits per heavy atom. The van der Waals surface area contributed by atoms with E-state index in [1.54, 1.807) is 0 Å². The first-order chi connectivity index (χ1) is 15.2. The van der Waals surface area contributed by atoms with Crippen LogP contribution in [-0.4, -0.2) is 53.7 Å². The van der Waals surface area contributed by atoms with Crippen molar-refractivity contribution in [3.8, 4) is 5.75 Å². The lowest BCUT2D eigenvalue weighted by atomic mass is 10.2. The number of hydrogen-bond donors (Lipinski definition) is 0. The van der Waals surface area contributed by atoms with Crippen LogP contribution >= 0.6 is 11.8 Å². The molecular formula is C25H29N3O2S. The van der Waals surface area contributed by atoms with Crippen LogP contribution in [0, 0.1) is 0 Å². The molecule has 0 N–H and O–H groups in total. The highest BCUT2D eigenvalue weighted by molar-refractivity contribution is 8.18. The molecule has 2 aliphatic heterocycles. The van der Waals surface area contributed by atoms with Crippen molar-refractivity contribution in [2.45, 2.75) is 26.3 Å². The molecular weight excluding hydrogens is 406 g/mol. The van der Waals surface area contributed by atoms with E-state index >= 15 is 0 Å². The zero-order chi connectivity index (χ0) is 21.5. The summed E-state index contributed by atoms with van der Waals surface area (Å²) < 4.78 is 5.71. The molecule has 2 heterocycles. The van der Waals surface area contributed by atoms with Gasteiger partial charge in [0.1, 0.15) is 5.75 Å². The first kappa shape index (κ1) is 21.7. The number of benzene rings is 2. The van der Waals surface area contributed by atoms with Gasteiger partial charge in [0.05, 0.1) is 11.5 Å². The predicted octanol–water partition coefficient (Wildman–Crippen LogP) is 4.65. The van der Waals surface area contributed by atoms with Gasteiger partial charge in [-0.3, -0.25) is 9.69 Å². The number of thioether (sulfide) groups is 1. The highest BCUT2D eigenvalue weighted by Gasteiger charge is 2.28. The van der Waals surface area contributed by atoms with E-state index in [0.29, 0.717) is 4.91 Å². The third-order valence-electron chi connectivity index (χ3n) is 5.45. The largest absolute Gasteiger partial charge is 0.494 e. The summed E-state index contributed by atoms with van der Waals surface area (Å²) in [6.07, 6.45) is 4.09. The molecule has 2 aromatic carbocycles. The summed E-state index contributed by atoms with van der Waals surface area (Å²) in [5.74, 6) is 0.723. The fraction of sp³-hybridized carbons (Fsp3) is 0.360. The lowest BCUT2D eigenvalue weighted by Crippen LogP contribution is -2.47. The number of amides is 1. The Morgan fingerprint density at radius 1 is 1.03 bits per heavy atom. The Balaban J connectivity index is 1.29. The van der Waals surface area contributed by atoms with Crippen LogP contribution in [-0.2, 0) is 11.3 Å². The summed E-state index contributed by atoms with van der Waals surface area (Å²) in [7, 11) is 0. The second-order valence-electron chi connectivity index (χ2n) is 7.83. The van der Waals surface area contributed by atoms with Gasteiger partial charge in [0.2, 0.25) is 0 Å².